The average Bonchev–Trinajstić information content (AvgIpc) is 2.70. The molecule has 1 aliphatic rings. The molecule has 0 radical (unpaired) electrons. The van der Waals surface area contributed by atoms with Crippen LogP contribution < -0.4 is 16.1 Å². The number of hydrogen-bond acceptors (Lipinski definition) is 4. The summed E-state index contributed by atoms with van der Waals surface area (Å²) in [6.07, 6.45) is 1.13. The minimum absolute atomic E-state index is 0.00449. The molecule has 5 nitrogen and oxygen atoms in total. The molecular weight excluding hydrogens is 423 g/mol. The van der Waals surface area contributed by atoms with Gasteiger partial charge in [0, 0.05) is 43.9 Å². The molecule has 2 aromatic rings. The van der Waals surface area contributed by atoms with E-state index in [1.165, 1.54) is 18.2 Å². The Morgan fingerprint density at radius 3 is 2.68 bits per heavy atom. The van der Waals surface area contributed by atoms with Gasteiger partial charge in [0.15, 0.2) is 5.11 Å². The van der Waals surface area contributed by atoms with Gasteiger partial charge in [-0.05, 0) is 41.9 Å². The standard InChI is InChI=1S/C22H26F3N5S/c1-14(2)21-13-30(7-6-29(21)12-15-4-3-5-17(23)8-15)20-10-18(24)16(9-19(20)25)11-27-28-22(26)31/h3-5,8-11,14,21H,6-7,12-13H2,1-2H3,(H3,26,28,31)/b27-11+/t21-/m1/s1. The summed E-state index contributed by atoms with van der Waals surface area (Å²) in [5.74, 6) is -1.10. The molecule has 3 N–H and O–H groups in total. The normalized spacial score (nSPS) is 17.5. The van der Waals surface area contributed by atoms with Crippen LogP contribution in [0.4, 0.5) is 18.9 Å². The third-order valence-corrected chi connectivity index (χ3v) is 5.45. The number of hydrazone groups is 1. The molecule has 0 unspecified atom stereocenters. The number of halogens is 3. The molecule has 166 valence electrons. The van der Waals surface area contributed by atoms with E-state index in [1.54, 1.807) is 6.07 Å². The number of anilines is 1. The zero-order valence-corrected chi connectivity index (χ0v) is 18.3. The van der Waals surface area contributed by atoms with Crippen LogP contribution in [0.25, 0.3) is 0 Å². The van der Waals surface area contributed by atoms with Crippen molar-refractivity contribution in [1.29, 1.82) is 0 Å². The summed E-state index contributed by atoms with van der Waals surface area (Å²) in [5, 5.41) is 3.62. The molecule has 9 heteroatoms. The zero-order chi connectivity index (χ0) is 22.5. The average molecular weight is 450 g/mol. The first-order chi connectivity index (χ1) is 14.7. The number of nitrogens with one attached hydrogen (secondary N) is 1. The fourth-order valence-corrected chi connectivity index (χ4v) is 3.88. The van der Waals surface area contributed by atoms with Gasteiger partial charge >= 0.3 is 0 Å². The van der Waals surface area contributed by atoms with Crippen LogP contribution in [0.1, 0.15) is 25.0 Å². The van der Waals surface area contributed by atoms with Gasteiger partial charge in [-0.2, -0.15) is 5.10 Å². The summed E-state index contributed by atoms with van der Waals surface area (Å²) >= 11 is 4.62. The zero-order valence-electron chi connectivity index (χ0n) is 17.5. The smallest absolute Gasteiger partial charge is 0.184 e. The molecule has 2 aromatic carbocycles. The van der Waals surface area contributed by atoms with Crippen LogP contribution in [-0.4, -0.2) is 41.9 Å². The van der Waals surface area contributed by atoms with Gasteiger partial charge in [0.2, 0.25) is 0 Å². The van der Waals surface area contributed by atoms with Crippen molar-refractivity contribution in [2.24, 2.45) is 16.8 Å². The molecule has 0 spiro atoms. The summed E-state index contributed by atoms with van der Waals surface area (Å²) < 4.78 is 42.9. The summed E-state index contributed by atoms with van der Waals surface area (Å²) in [5.41, 5.74) is 8.68. The third kappa shape index (κ3) is 5.95. The maximum Gasteiger partial charge on any atom is 0.184 e. The number of nitrogens with two attached hydrogens (primary N) is 1. The maximum atomic E-state index is 14.8. The van der Waals surface area contributed by atoms with Crippen LogP contribution in [0.2, 0.25) is 0 Å². The van der Waals surface area contributed by atoms with E-state index in [0.717, 1.165) is 17.8 Å². The van der Waals surface area contributed by atoms with Crippen LogP contribution in [0.3, 0.4) is 0 Å². The molecular formula is C22H26F3N5S. The van der Waals surface area contributed by atoms with Crippen molar-refractivity contribution in [2.75, 3.05) is 24.5 Å². The number of rotatable bonds is 6. The van der Waals surface area contributed by atoms with E-state index in [-0.39, 0.29) is 34.1 Å². The van der Waals surface area contributed by atoms with Gasteiger partial charge < -0.3 is 10.6 Å². The molecule has 0 saturated carbocycles. The molecule has 0 aromatic heterocycles. The molecule has 1 atom stereocenters. The van der Waals surface area contributed by atoms with E-state index in [4.69, 9.17) is 5.73 Å². The van der Waals surface area contributed by atoms with E-state index < -0.39 is 11.6 Å². The van der Waals surface area contributed by atoms with Crippen molar-refractivity contribution in [3.63, 3.8) is 0 Å². The van der Waals surface area contributed by atoms with Gasteiger partial charge in [0.05, 0.1) is 11.9 Å². The number of piperazine rings is 1. The Kier molecular flexibility index (Phi) is 7.50. The van der Waals surface area contributed by atoms with Crippen molar-refractivity contribution in [3.8, 4) is 0 Å². The summed E-state index contributed by atoms with van der Waals surface area (Å²) in [6, 6.07) is 8.96. The quantitative estimate of drug-likeness (QED) is 0.401. The SMILES string of the molecule is CC(C)[C@H]1CN(c2cc(F)c(/C=N/NC(N)=S)cc2F)CCN1Cc1cccc(F)c1. The Bertz CT molecular complexity index is 966. The van der Waals surface area contributed by atoms with Crippen LogP contribution in [0.15, 0.2) is 41.5 Å². The van der Waals surface area contributed by atoms with Crippen LogP contribution in [0.5, 0.6) is 0 Å². The lowest BCUT2D eigenvalue weighted by atomic mass is 9.98. The van der Waals surface area contributed by atoms with Gasteiger partial charge in [-0.3, -0.25) is 10.3 Å². The molecule has 1 fully saturated rings. The van der Waals surface area contributed by atoms with Crippen molar-refractivity contribution in [2.45, 2.75) is 26.4 Å². The number of thiocarbonyl (C=S) groups is 1. The molecule has 3 rings (SSSR count). The Hall–Kier alpha value is -2.65. The van der Waals surface area contributed by atoms with Crippen LogP contribution in [0, 0.1) is 23.4 Å². The molecule has 0 amide bonds. The number of hydrogen-bond donors (Lipinski definition) is 2. The lowest BCUT2D eigenvalue weighted by Gasteiger charge is -2.44. The highest BCUT2D eigenvalue weighted by molar-refractivity contribution is 7.80. The molecule has 31 heavy (non-hydrogen) atoms. The second kappa shape index (κ2) is 10.1. The topological polar surface area (TPSA) is 56.9 Å². The predicted octanol–water partition coefficient (Wildman–Crippen LogP) is 3.62. The Balaban J connectivity index is 1.76. The van der Waals surface area contributed by atoms with Crippen LogP contribution in [-0.2, 0) is 6.54 Å². The largest absolute Gasteiger partial charge is 0.375 e. The van der Waals surface area contributed by atoms with Crippen molar-refractivity contribution < 1.29 is 13.2 Å². The number of benzene rings is 2. The first kappa shape index (κ1) is 23.0. The first-order valence-corrected chi connectivity index (χ1v) is 10.5. The van der Waals surface area contributed by atoms with E-state index in [0.29, 0.717) is 26.2 Å². The van der Waals surface area contributed by atoms with Gasteiger partial charge in [-0.15, -0.1) is 0 Å². The van der Waals surface area contributed by atoms with Gasteiger partial charge in [-0.1, -0.05) is 26.0 Å². The summed E-state index contributed by atoms with van der Waals surface area (Å²) in [7, 11) is 0. The van der Waals surface area contributed by atoms with Crippen molar-refractivity contribution in [3.05, 3.63) is 65.0 Å². The lowest BCUT2D eigenvalue weighted by molar-refractivity contribution is 0.130. The van der Waals surface area contributed by atoms with E-state index in [1.807, 2.05) is 11.0 Å². The van der Waals surface area contributed by atoms with E-state index >= 15 is 0 Å². The second-order valence-electron chi connectivity index (χ2n) is 7.92. The number of nitrogens with zero attached hydrogens (tertiary/aromatic N) is 3. The van der Waals surface area contributed by atoms with Gasteiger partial charge in [-0.25, -0.2) is 13.2 Å². The highest BCUT2D eigenvalue weighted by atomic mass is 32.1. The van der Waals surface area contributed by atoms with Crippen molar-refractivity contribution in [1.82, 2.24) is 10.3 Å². The van der Waals surface area contributed by atoms with Crippen molar-refractivity contribution >= 4 is 29.2 Å². The second-order valence-corrected chi connectivity index (χ2v) is 8.36. The Morgan fingerprint density at radius 2 is 2.00 bits per heavy atom. The minimum Gasteiger partial charge on any atom is -0.375 e. The van der Waals surface area contributed by atoms with Crippen LogP contribution >= 0.6 is 12.2 Å². The predicted molar refractivity (Wildman–Crippen MR) is 122 cm³/mol. The molecule has 0 bridgehead atoms. The highest BCUT2D eigenvalue weighted by Crippen LogP contribution is 2.28. The minimum atomic E-state index is -0.590. The molecule has 1 heterocycles. The monoisotopic (exact) mass is 449 g/mol. The lowest BCUT2D eigenvalue weighted by Crippen LogP contribution is -2.55. The fourth-order valence-electron chi connectivity index (χ4n) is 3.82. The molecule has 1 aliphatic heterocycles. The Morgan fingerprint density at radius 1 is 1.23 bits per heavy atom. The highest BCUT2D eigenvalue weighted by Gasteiger charge is 2.30. The van der Waals surface area contributed by atoms with Gasteiger partial charge in [0.25, 0.3) is 0 Å². The fraction of sp³-hybridized carbons (Fsp3) is 0.364. The summed E-state index contributed by atoms with van der Waals surface area (Å²) in [4.78, 5) is 4.13. The maximum absolute atomic E-state index is 14.8. The van der Waals surface area contributed by atoms with E-state index in [9.17, 15) is 13.2 Å². The Labute approximate surface area is 185 Å². The van der Waals surface area contributed by atoms with E-state index in [2.05, 4.69) is 41.5 Å². The molecule has 0 aliphatic carbocycles. The van der Waals surface area contributed by atoms with Gasteiger partial charge in [0.1, 0.15) is 17.5 Å². The molecule has 1 saturated heterocycles. The summed E-state index contributed by atoms with van der Waals surface area (Å²) in [6.45, 7) is 6.53. The first-order valence-electron chi connectivity index (χ1n) is 10.1. The third-order valence-electron chi connectivity index (χ3n) is 5.36.